The number of carboxylic acid groups (broad SMARTS) is 1. The Balaban J connectivity index is 1.65. The van der Waals surface area contributed by atoms with Crippen LogP contribution in [0.4, 0.5) is 10.3 Å². The van der Waals surface area contributed by atoms with Crippen LogP contribution in [0.3, 0.4) is 0 Å². The number of anilines is 1. The number of aliphatic carboxylic acids is 1. The van der Waals surface area contributed by atoms with Gasteiger partial charge in [-0.25, -0.2) is 14.5 Å². The van der Waals surface area contributed by atoms with E-state index >= 15 is 4.39 Å². The van der Waals surface area contributed by atoms with E-state index in [-0.39, 0.29) is 29.6 Å². The molecule has 4 rings (SSSR count). The standard InChI is InChI=1S/C16H23FN6O7P/c1-4-27-12-9-11(20-15(18)21-12)23(6-19-9)14-16(3,17)10-8(29-14)5-28-31(26,30-10)22-7(2)13(24)25/h6-8,10,14,22,26H,4-5H2,1-3H3,(H,24,25)(H2,18,20,21)/t7?,8-,10-,14-,16-/m1/s1. The summed E-state index contributed by atoms with van der Waals surface area (Å²) in [7, 11) is -3.84. The summed E-state index contributed by atoms with van der Waals surface area (Å²) < 4.78 is 39.4. The van der Waals surface area contributed by atoms with E-state index in [1.54, 1.807) is 6.92 Å². The van der Waals surface area contributed by atoms with Crippen molar-refractivity contribution in [3.63, 3.8) is 0 Å². The average Bonchev–Trinajstić information content (AvgIpc) is 3.20. The first kappa shape index (κ1) is 22.0. The van der Waals surface area contributed by atoms with Gasteiger partial charge < -0.3 is 29.7 Å². The van der Waals surface area contributed by atoms with E-state index in [9.17, 15) is 9.69 Å². The van der Waals surface area contributed by atoms with Crippen molar-refractivity contribution >= 4 is 31.2 Å². The normalized spacial score (nSPS) is 33.9. The lowest BCUT2D eigenvalue weighted by Gasteiger charge is -2.41. The molecule has 13 nitrogen and oxygen atoms in total. The number of halogens is 1. The Bertz CT molecular complexity index is 1010. The van der Waals surface area contributed by atoms with Gasteiger partial charge in [-0.3, -0.25) is 13.9 Å². The number of nitrogen functional groups attached to an aromatic ring is 1. The number of hydrogen-bond donors (Lipinski definition) is 4. The zero-order valence-corrected chi connectivity index (χ0v) is 17.8. The molecule has 171 valence electrons. The van der Waals surface area contributed by atoms with Crippen molar-refractivity contribution in [1.82, 2.24) is 24.6 Å². The van der Waals surface area contributed by atoms with Crippen LogP contribution in [0.2, 0.25) is 0 Å². The fourth-order valence-corrected chi connectivity index (χ4v) is 5.35. The highest BCUT2D eigenvalue weighted by molar-refractivity contribution is 7.58. The topological polar surface area (TPSA) is 176 Å². The highest BCUT2D eigenvalue weighted by Crippen LogP contribution is 2.62. The zero-order valence-electron chi connectivity index (χ0n) is 16.9. The van der Waals surface area contributed by atoms with Gasteiger partial charge in [0, 0.05) is 0 Å². The van der Waals surface area contributed by atoms with Gasteiger partial charge in [-0.1, -0.05) is 0 Å². The third-order valence-electron chi connectivity index (χ3n) is 5.02. The van der Waals surface area contributed by atoms with E-state index in [2.05, 4.69) is 20.0 Å². The van der Waals surface area contributed by atoms with Crippen molar-refractivity contribution in [2.45, 2.75) is 50.9 Å². The largest absolute Gasteiger partial charge is 0.480 e. The molecule has 0 amide bonds. The lowest BCUT2D eigenvalue weighted by atomic mass is 9.98. The van der Waals surface area contributed by atoms with Crippen molar-refractivity contribution in [3.8, 4) is 5.88 Å². The molecule has 2 aromatic rings. The van der Waals surface area contributed by atoms with Gasteiger partial charge in [-0.15, -0.1) is 0 Å². The number of alkyl halides is 1. The molecule has 0 spiro atoms. The van der Waals surface area contributed by atoms with Crippen LogP contribution >= 0.6 is 8.09 Å². The summed E-state index contributed by atoms with van der Waals surface area (Å²) in [5.41, 5.74) is 4.08. The fourth-order valence-electron chi connectivity index (χ4n) is 3.55. The molecule has 5 N–H and O–H groups in total. The van der Waals surface area contributed by atoms with Crippen molar-refractivity contribution in [2.24, 2.45) is 0 Å². The molecule has 2 aliphatic rings. The first-order valence-electron chi connectivity index (χ1n) is 9.48. The third-order valence-corrected chi connectivity index (χ3v) is 6.74. The van der Waals surface area contributed by atoms with Gasteiger partial charge in [0.05, 0.1) is 19.5 Å². The molecule has 1 radical (unpaired) electrons. The van der Waals surface area contributed by atoms with E-state index < -0.39 is 44.2 Å². The van der Waals surface area contributed by atoms with Crippen LogP contribution in [0.1, 0.15) is 27.0 Å². The van der Waals surface area contributed by atoms with Crippen LogP contribution in [0.25, 0.3) is 11.2 Å². The van der Waals surface area contributed by atoms with Gasteiger partial charge in [-0.05, 0) is 20.8 Å². The Kier molecular flexibility index (Phi) is 5.48. The summed E-state index contributed by atoms with van der Waals surface area (Å²) in [6.07, 6.45) is -2.04. The number of carboxylic acids is 1. The predicted molar refractivity (Wildman–Crippen MR) is 105 cm³/mol. The summed E-state index contributed by atoms with van der Waals surface area (Å²) in [5.74, 6) is -1.15. The molecule has 2 aliphatic heterocycles. The Morgan fingerprint density at radius 2 is 2.32 bits per heavy atom. The number of rotatable bonds is 6. The smallest absolute Gasteiger partial charge is 0.320 e. The second-order valence-electron chi connectivity index (χ2n) is 7.35. The maximum absolute atomic E-state index is 16.0. The third kappa shape index (κ3) is 3.79. The number of nitrogens with two attached hydrogens (primary N) is 1. The number of nitrogens with zero attached hydrogens (tertiary/aromatic N) is 4. The second kappa shape index (κ2) is 7.73. The number of carbonyl (C=O) groups is 1. The highest BCUT2D eigenvalue weighted by Gasteiger charge is 2.61. The molecule has 0 bridgehead atoms. The van der Waals surface area contributed by atoms with Crippen LogP contribution in [0.15, 0.2) is 6.33 Å². The number of hydrogen-bond acceptors (Lipinski definition) is 11. The minimum Gasteiger partial charge on any atom is -0.480 e. The fraction of sp³-hybridized carbons (Fsp3) is 0.625. The lowest BCUT2D eigenvalue weighted by Crippen LogP contribution is -2.48. The lowest BCUT2D eigenvalue weighted by molar-refractivity contribution is -0.139. The number of aromatic nitrogens is 4. The number of imidazole rings is 1. The van der Waals surface area contributed by atoms with E-state index in [1.807, 2.05) is 0 Å². The van der Waals surface area contributed by atoms with E-state index in [1.165, 1.54) is 24.7 Å². The van der Waals surface area contributed by atoms with Gasteiger partial charge in [0.15, 0.2) is 23.1 Å². The second-order valence-corrected chi connectivity index (χ2v) is 9.12. The number of nitrogens with one attached hydrogen (secondary N) is 1. The van der Waals surface area contributed by atoms with Crippen LogP contribution in [-0.2, 0) is 18.6 Å². The van der Waals surface area contributed by atoms with Crippen LogP contribution in [0.5, 0.6) is 5.88 Å². The summed E-state index contributed by atoms with van der Waals surface area (Å²) in [6, 6.07) is -1.17. The molecule has 0 saturated carbocycles. The van der Waals surface area contributed by atoms with Crippen molar-refractivity contribution < 1.29 is 37.7 Å². The number of fused-ring (bicyclic) bond motifs is 2. The molecule has 0 aromatic carbocycles. The van der Waals surface area contributed by atoms with Gasteiger partial charge in [0.25, 0.3) is 0 Å². The maximum atomic E-state index is 16.0. The van der Waals surface area contributed by atoms with Crippen LogP contribution in [-0.4, -0.2) is 72.6 Å². The molecule has 2 saturated heterocycles. The summed E-state index contributed by atoms with van der Waals surface area (Å²) in [6.45, 7) is 4.43. The Morgan fingerprint density at radius 3 is 3.00 bits per heavy atom. The predicted octanol–water partition coefficient (Wildman–Crippen LogP) is 0.581. The van der Waals surface area contributed by atoms with Crippen molar-refractivity contribution in [3.05, 3.63) is 6.33 Å². The van der Waals surface area contributed by atoms with Crippen molar-refractivity contribution in [2.75, 3.05) is 18.9 Å². The van der Waals surface area contributed by atoms with E-state index in [0.29, 0.717) is 6.61 Å². The highest BCUT2D eigenvalue weighted by atomic mass is 31.2. The van der Waals surface area contributed by atoms with Gasteiger partial charge in [-0.2, -0.15) is 9.97 Å². The molecule has 2 fully saturated rings. The number of ether oxygens (including phenoxy) is 2. The quantitative estimate of drug-likeness (QED) is 0.441. The maximum Gasteiger partial charge on any atom is 0.320 e. The Hall–Kier alpha value is -2.22. The molecular formula is C16H23FN6O7P. The molecule has 0 aliphatic carbocycles. The van der Waals surface area contributed by atoms with Gasteiger partial charge in [0.1, 0.15) is 18.2 Å². The minimum absolute atomic E-state index is 0.0829. The molecule has 31 heavy (non-hydrogen) atoms. The zero-order chi connectivity index (χ0) is 22.6. The summed E-state index contributed by atoms with van der Waals surface area (Å²) >= 11 is 0. The van der Waals surface area contributed by atoms with Crippen molar-refractivity contribution in [1.29, 1.82) is 0 Å². The Morgan fingerprint density at radius 1 is 1.58 bits per heavy atom. The van der Waals surface area contributed by atoms with E-state index in [4.69, 9.17) is 29.4 Å². The van der Waals surface area contributed by atoms with Crippen LogP contribution in [0, 0.1) is 0 Å². The first-order chi connectivity index (χ1) is 14.6. The van der Waals surface area contributed by atoms with Crippen LogP contribution < -0.4 is 15.6 Å². The molecule has 2 aromatic heterocycles. The van der Waals surface area contributed by atoms with Gasteiger partial charge >= 0.3 is 14.1 Å². The molecule has 15 heteroatoms. The average molecular weight is 461 g/mol. The van der Waals surface area contributed by atoms with Gasteiger partial charge in [0.2, 0.25) is 11.8 Å². The SMILES string of the molecule is CCOc1nc(N)nc2c1ncn2[C@@H]1O[C@@H]2CO[P@](O)(NC(C)C(=O)O)O[C@H]2[C@@]1(C)F. The summed E-state index contributed by atoms with van der Waals surface area (Å²) in [5, 5.41) is 11.4. The summed E-state index contributed by atoms with van der Waals surface area (Å²) in [4.78, 5) is 34.0. The molecular weight excluding hydrogens is 438 g/mol. The monoisotopic (exact) mass is 461 g/mol. The molecule has 4 heterocycles. The van der Waals surface area contributed by atoms with E-state index in [0.717, 1.165) is 0 Å². The minimum atomic E-state index is -3.84. The molecule has 1 unspecified atom stereocenters. The first-order valence-corrected chi connectivity index (χ1v) is 11.1. The Labute approximate surface area is 176 Å². The molecule has 6 atom stereocenters.